The predicted octanol–water partition coefficient (Wildman–Crippen LogP) is -0.936. The van der Waals surface area contributed by atoms with E-state index < -0.39 is 17.5 Å². The summed E-state index contributed by atoms with van der Waals surface area (Å²) < 4.78 is 5.97. The Morgan fingerprint density at radius 3 is 2.93 bits per heavy atom. The molecule has 1 rings (SSSR count). The van der Waals surface area contributed by atoms with Crippen molar-refractivity contribution in [2.75, 3.05) is 13.2 Å². The molecular weight excluding hydrogens is 188 g/mol. The molecule has 6 nitrogen and oxygen atoms in total. The maximum absolute atomic E-state index is 11.2. The van der Waals surface area contributed by atoms with Crippen molar-refractivity contribution in [3.05, 3.63) is 33.1 Å². The van der Waals surface area contributed by atoms with E-state index in [0.717, 1.165) is 4.57 Å². The molecule has 0 spiro atoms. The Kier molecular flexibility index (Phi) is 3.61. The van der Waals surface area contributed by atoms with Crippen LogP contribution in [0.4, 0.5) is 0 Å². The van der Waals surface area contributed by atoms with E-state index in [2.05, 4.69) is 4.98 Å². The highest BCUT2D eigenvalue weighted by atomic mass is 16.5. The van der Waals surface area contributed by atoms with Crippen molar-refractivity contribution in [2.45, 2.75) is 13.2 Å². The molecule has 0 amide bonds. The van der Waals surface area contributed by atoms with Crippen molar-refractivity contribution < 1.29 is 9.84 Å². The third-order valence-corrected chi connectivity index (χ3v) is 1.70. The lowest BCUT2D eigenvalue weighted by molar-refractivity contribution is -0.00745. The van der Waals surface area contributed by atoms with E-state index in [9.17, 15) is 9.59 Å². The van der Waals surface area contributed by atoms with Gasteiger partial charge in [0.2, 0.25) is 0 Å². The largest absolute Gasteiger partial charge is 0.394 e. The molecule has 1 atom stereocenters. The Morgan fingerprint density at radius 1 is 1.64 bits per heavy atom. The number of hydrogen-bond acceptors (Lipinski definition) is 4. The van der Waals surface area contributed by atoms with Crippen LogP contribution in [0.5, 0.6) is 0 Å². The number of nitrogens with one attached hydrogen (secondary N) is 1. The predicted molar refractivity (Wildman–Crippen MR) is 49.1 cm³/mol. The normalized spacial score (nSPS) is 12.7. The average molecular weight is 200 g/mol. The summed E-state index contributed by atoms with van der Waals surface area (Å²) in [5.74, 6) is 0. The van der Waals surface area contributed by atoms with E-state index in [1.165, 1.54) is 12.3 Å². The molecule has 0 radical (unpaired) electrons. The number of aliphatic hydroxyl groups excluding tert-OH is 1. The molecule has 0 aromatic carbocycles. The van der Waals surface area contributed by atoms with Crippen molar-refractivity contribution >= 4 is 0 Å². The second kappa shape index (κ2) is 4.73. The van der Waals surface area contributed by atoms with E-state index in [0.29, 0.717) is 0 Å². The third-order valence-electron chi connectivity index (χ3n) is 1.70. The van der Waals surface area contributed by atoms with Gasteiger partial charge in [0.05, 0.1) is 13.2 Å². The Bertz CT molecular complexity index is 367. The molecular formula is C8H12N2O4. The average Bonchev–Trinajstić information content (AvgIpc) is 2.14. The van der Waals surface area contributed by atoms with Gasteiger partial charge in [0.25, 0.3) is 5.56 Å². The smallest absolute Gasteiger partial charge is 0.330 e. The highest BCUT2D eigenvalue weighted by molar-refractivity contribution is 4.83. The van der Waals surface area contributed by atoms with Crippen LogP contribution in [0.25, 0.3) is 0 Å². The number of ether oxygens (including phenoxy) is 1. The lowest BCUT2D eigenvalue weighted by Crippen LogP contribution is -2.37. The van der Waals surface area contributed by atoms with Crippen LogP contribution >= 0.6 is 0 Å². The molecule has 0 saturated heterocycles. The molecule has 6 heteroatoms. The minimum atomic E-state index is -0.681. The number of H-pyrrole nitrogens is 1. The first-order valence-corrected chi connectivity index (χ1v) is 4.19. The first kappa shape index (κ1) is 10.7. The van der Waals surface area contributed by atoms with Crippen molar-refractivity contribution in [3.63, 3.8) is 0 Å². The maximum Gasteiger partial charge on any atom is 0.330 e. The zero-order chi connectivity index (χ0) is 10.6. The first-order valence-electron chi connectivity index (χ1n) is 4.19. The molecule has 2 N–H and O–H groups in total. The number of hydrogen-bond donors (Lipinski definition) is 2. The van der Waals surface area contributed by atoms with Gasteiger partial charge in [-0.05, 0) is 6.92 Å². The summed E-state index contributed by atoms with van der Waals surface area (Å²) in [5, 5.41) is 8.50. The Morgan fingerprint density at radius 2 is 2.36 bits per heavy atom. The van der Waals surface area contributed by atoms with Crippen LogP contribution in [0.2, 0.25) is 0 Å². The summed E-state index contributed by atoms with van der Waals surface area (Å²) in [6.45, 7) is 1.50. The first-order chi connectivity index (χ1) is 6.66. The van der Waals surface area contributed by atoms with Crippen LogP contribution in [-0.4, -0.2) is 27.9 Å². The van der Waals surface area contributed by atoms with Crippen LogP contribution in [0.15, 0.2) is 21.9 Å². The Hall–Kier alpha value is -1.40. The molecule has 0 aliphatic rings. The molecule has 78 valence electrons. The number of aliphatic hydroxyl groups is 1. The molecule has 1 unspecified atom stereocenters. The minimum Gasteiger partial charge on any atom is -0.394 e. The van der Waals surface area contributed by atoms with Gasteiger partial charge in [0.1, 0.15) is 6.23 Å². The summed E-state index contributed by atoms with van der Waals surface area (Å²) in [7, 11) is 0. The fourth-order valence-electron chi connectivity index (χ4n) is 1.08. The Labute approximate surface area is 79.8 Å². The maximum atomic E-state index is 11.2. The van der Waals surface area contributed by atoms with Crippen LogP contribution in [0, 0.1) is 0 Å². The van der Waals surface area contributed by atoms with Crippen LogP contribution in [0.1, 0.15) is 13.2 Å². The third kappa shape index (κ3) is 2.30. The summed E-state index contributed by atoms with van der Waals surface area (Å²) >= 11 is 0. The number of nitrogens with zero attached hydrogens (tertiary/aromatic N) is 1. The molecule has 0 aliphatic heterocycles. The summed E-state index contributed by atoms with van der Waals surface area (Å²) in [6.07, 6.45) is 0.597. The van der Waals surface area contributed by atoms with Gasteiger partial charge in [-0.2, -0.15) is 0 Å². The molecule has 0 aliphatic carbocycles. The zero-order valence-electron chi connectivity index (χ0n) is 7.77. The van der Waals surface area contributed by atoms with Gasteiger partial charge in [-0.3, -0.25) is 4.79 Å². The Balaban J connectivity index is 2.94. The zero-order valence-corrected chi connectivity index (χ0v) is 7.77. The summed E-state index contributed by atoms with van der Waals surface area (Å²) in [6, 6.07) is 1.24. The highest BCUT2D eigenvalue weighted by Gasteiger charge is 2.08. The molecule has 0 saturated carbocycles. The minimum absolute atomic E-state index is 0.0853. The monoisotopic (exact) mass is 200 g/mol. The molecule has 14 heavy (non-hydrogen) atoms. The number of aromatic amines is 1. The summed E-state index contributed by atoms with van der Waals surface area (Å²) in [4.78, 5) is 24.8. The van der Waals surface area contributed by atoms with Crippen molar-refractivity contribution in [2.24, 2.45) is 0 Å². The molecule has 1 aromatic rings. The number of aromatic nitrogens is 2. The molecule has 0 fully saturated rings. The molecule has 1 aromatic heterocycles. The summed E-state index contributed by atoms with van der Waals surface area (Å²) in [5.41, 5.74) is -0.956. The second-order valence-corrected chi connectivity index (χ2v) is 2.68. The van der Waals surface area contributed by atoms with E-state index >= 15 is 0 Å². The molecule has 1 heterocycles. The van der Waals surface area contributed by atoms with E-state index in [-0.39, 0.29) is 13.2 Å². The van der Waals surface area contributed by atoms with Crippen LogP contribution in [0.3, 0.4) is 0 Å². The van der Waals surface area contributed by atoms with Gasteiger partial charge < -0.3 is 14.8 Å². The lowest BCUT2D eigenvalue weighted by Gasteiger charge is -2.13. The van der Waals surface area contributed by atoms with Crippen LogP contribution < -0.4 is 11.2 Å². The van der Waals surface area contributed by atoms with E-state index in [1.54, 1.807) is 6.92 Å². The van der Waals surface area contributed by atoms with Gasteiger partial charge in [-0.1, -0.05) is 0 Å². The van der Waals surface area contributed by atoms with E-state index in [4.69, 9.17) is 9.84 Å². The van der Waals surface area contributed by atoms with Gasteiger partial charge in [-0.25, -0.2) is 9.36 Å². The standard InChI is InChI=1S/C8H12N2O4/c1-6(14-5-4-11)10-7(12)2-3-9-8(10)13/h2-3,6,11H,4-5H2,1H3,(H,9,13). The molecule has 0 bridgehead atoms. The van der Waals surface area contributed by atoms with Gasteiger partial charge in [0, 0.05) is 12.3 Å². The topological polar surface area (TPSA) is 84.3 Å². The van der Waals surface area contributed by atoms with Crippen molar-refractivity contribution in [1.29, 1.82) is 0 Å². The quantitative estimate of drug-likeness (QED) is 0.657. The van der Waals surface area contributed by atoms with Gasteiger partial charge in [-0.15, -0.1) is 0 Å². The van der Waals surface area contributed by atoms with Crippen molar-refractivity contribution in [3.8, 4) is 0 Å². The SMILES string of the molecule is CC(OCCO)n1c(=O)cc[nH]c1=O. The fraction of sp³-hybridized carbons (Fsp3) is 0.500. The van der Waals surface area contributed by atoms with E-state index in [1.807, 2.05) is 0 Å². The van der Waals surface area contributed by atoms with Crippen molar-refractivity contribution in [1.82, 2.24) is 9.55 Å². The second-order valence-electron chi connectivity index (χ2n) is 2.68. The fourth-order valence-corrected chi connectivity index (χ4v) is 1.08. The van der Waals surface area contributed by atoms with Gasteiger partial charge in [0.15, 0.2) is 0 Å². The number of rotatable bonds is 4. The lowest BCUT2D eigenvalue weighted by atomic mass is 10.5. The van der Waals surface area contributed by atoms with Crippen LogP contribution in [-0.2, 0) is 4.74 Å². The highest BCUT2D eigenvalue weighted by Crippen LogP contribution is 1.98. The van der Waals surface area contributed by atoms with Gasteiger partial charge >= 0.3 is 5.69 Å².